The molecule has 1 aliphatic carbocycles. The predicted molar refractivity (Wildman–Crippen MR) is 45.4 cm³/mol. The molecule has 68 valence electrons. The summed E-state index contributed by atoms with van der Waals surface area (Å²) in [5.41, 5.74) is 0.919. The second-order valence-electron chi connectivity index (χ2n) is 3.23. The van der Waals surface area contributed by atoms with Gasteiger partial charge in [0, 0.05) is 13.5 Å². The SMILES string of the molecule is C=C1CCC(C(=O)NC)C(F)C1. The molecule has 0 aliphatic heterocycles. The van der Waals surface area contributed by atoms with Crippen molar-refractivity contribution in [2.45, 2.75) is 25.4 Å². The summed E-state index contributed by atoms with van der Waals surface area (Å²) >= 11 is 0. The fourth-order valence-electron chi connectivity index (χ4n) is 1.54. The van der Waals surface area contributed by atoms with Crippen molar-refractivity contribution in [3.8, 4) is 0 Å². The maximum Gasteiger partial charge on any atom is 0.225 e. The Morgan fingerprint density at radius 3 is 2.92 bits per heavy atom. The zero-order valence-corrected chi connectivity index (χ0v) is 7.27. The molecule has 0 aromatic rings. The minimum Gasteiger partial charge on any atom is -0.359 e. The number of hydrogen-bond acceptors (Lipinski definition) is 1. The van der Waals surface area contributed by atoms with Crippen molar-refractivity contribution in [1.82, 2.24) is 5.32 Å². The minimum atomic E-state index is -1.04. The Balaban J connectivity index is 2.56. The highest BCUT2D eigenvalue weighted by Gasteiger charge is 2.31. The fourth-order valence-corrected chi connectivity index (χ4v) is 1.54. The zero-order chi connectivity index (χ0) is 9.14. The van der Waals surface area contributed by atoms with E-state index in [1.807, 2.05) is 0 Å². The molecule has 0 aromatic carbocycles. The summed E-state index contributed by atoms with van der Waals surface area (Å²) in [6.07, 6.45) is 0.683. The summed E-state index contributed by atoms with van der Waals surface area (Å²) < 4.78 is 13.2. The van der Waals surface area contributed by atoms with Crippen molar-refractivity contribution in [2.24, 2.45) is 5.92 Å². The molecule has 1 rings (SSSR count). The Labute approximate surface area is 71.8 Å². The summed E-state index contributed by atoms with van der Waals surface area (Å²) in [7, 11) is 1.54. The van der Waals surface area contributed by atoms with Gasteiger partial charge in [0.25, 0.3) is 0 Å². The number of nitrogens with one attached hydrogen (secondary N) is 1. The lowest BCUT2D eigenvalue weighted by Crippen LogP contribution is -2.36. The Hall–Kier alpha value is -0.860. The average molecular weight is 171 g/mol. The maximum absolute atomic E-state index is 13.2. The van der Waals surface area contributed by atoms with Crippen molar-refractivity contribution in [3.63, 3.8) is 0 Å². The number of hydrogen-bond donors (Lipinski definition) is 1. The van der Waals surface area contributed by atoms with E-state index in [0.29, 0.717) is 12.8 Å². The van der Waals surface area contributed by atoms with Gasteiger partial charge in [-0.25, -0.2) is 4.39 Å². The summed E-state index contributed by atoms with van der Waals surface area (Å²) in [6.45, 7) is 3.71. The molecule has 3 heteroatoms. The van der Waals surface area contributed by atoms with E-state index in [1.54, 1.807) is 7.05 Å². The quantitative estimate of drug-likeness (QED) is 0.594. The highest BCUT2D eigenvalue weighted by molar-refractivity contribution is 5.79. The highest BCUT2D eigenvalue weighted by Crippen LogP contribution is 2.29. The van der Waals surface area contributed by atoms with Gasteiger partial charge in [-0.05, 0) is 12.8 Å². The van der Waals surface area contributed by atoms with Crippen molar-refractivity contribution in [3.05, 3.63) is 12.2 Å². The second kappa shape index (κ2) is 3.70. The van der Waals surface area contributed by atoms with Crippen LogP contribution in [0.3, 0.4) is 0 Å². The monoisotopic (exact) mass is 171 g/mol. The first-order valence-electron chi connectivity index (χ1n) is 4.17. The van der Waals surface area contributed by atoms with Gasteiger partial charge in [0.15, 0.2) is 0 Å². The molecule has 0 saturated heterocycles. The highest BCUT2D eigenvalue weighted by atomic mass is 19.1. The number of amides is 1. The summed E-state index contributed by atoms with van der Waals surface area (Å²) in [6, 6.07) is 0. The van der Waals surface area contributed by atoms with Crippen LogP contribution in [0.4, 0.5) is 4.39 Å². The molecule has 0 heterocycles. The molecule has 0 radical (unpaired) electrons. The van der Waals surface area contributed by atoms with Gasteiger partial charge in [-0.1, -0.05) is 12.2 Å². The van der Waals surface area contributed by atoms with Crippen LogP contribution >= 0.6 is 0 Å². The van der Waals surface area contributed by atoms with Gasteiger partial charge in [0.2, 0.25) is 5.91 Å². The largest absolute Gasteiger partial charge is 0.359 e. The molecule has 0 spiro atoms. The summed E-state index contributed by atoms with van der Waals surface area (Å²) in [4.78, 5) is 11.1. The van der Waals surface area contributed by atoms with E-state index in [0.717, 1.165) is 12.0 Å². The molecule has 0 aromatic heterocycles. The van der Waals surface area contributed by atoms with E-state index in [4.69, 9.17) is 0 Å². The Morgan fingerprint density at radius 1 is 1.75 bits per heavy atom. The zero-order valence-electron chi connectivity index (χ0n) is 7.27. The average Bonchev–Trinajstić information content (AvgIpc) is 2.03. The van der Waals surface area contributed by atoms with Crippen LogP contribution in [0.5, 0.6) is 0 Å². The minimum absolute atomic E-state index is 0.185. The van der Waals surface area contributed by atoms with Crippen molar-refractivity contribution in [1.29, 1.82) is 0 Å². The topological polar surface area (TPSA) is 29.1 Å². The van der Waals surface area contributed by atoms with Crippen LogP contribution in [0.1, 0.15) is 19.3 Å². The van der Waals surface area contributed by atoms with Crippen LogP contribution in [0.15, 0.2) is 12.2 Å². The summed E-state index contributed by atoms with van der Waals surface area (Å²) in [5.74, 6) is -0.643. The van der Waals surface area contributed by atoms with E-state index in [9.17, 15) is 9.18 Å². The van der Waals surface area contributed by atoms with Gasteiger partial charge in [-0.3, -0.25) is 4.79 Å². The Morgan fingerprint density at radius 2 is 2.42 bits per heavy atom. The second-order valence-corrected chi connectivity index (χ2v) is 3.23. The molecule has 2 unspecified atom stereocenters. The first kappa shape index (κ1) is 9.23. The number of alkyl halides is 1. The third kappa shape index (κ3) is 1.84. The molecule has 2 nitrogen and oxygen atoms in total. The molecule has 1 aliphatic rings. The molecule has 0 bridgehead atoms. The molecular formula is C9H14FNO. The Bertz CT molecular complexity index is 203. The van der Waals surface area contributed by atoms with Crippen molar-refractivity contribution in [2.75, 3.05) is 7.05 Å². The van der Waals surface area contributed by atoms with Crippen molar-refractivity contribution < 1.29 is 9.18 Å². The Kier molecular flexibility index (Phi) is 2.84. The molecule has 1 fully saturated rings. The third-order valence-electron chi connectivity index (χ3n) is 2.31. The number of halogens is 1. The normalized spacial score (nSPS) is 30.0. The van der Waals surface area contributed by atoms with E-state index in [2.05, 4.69) is 11.9 Å². The molecule has 1 N–H and O–H groups in total. The molecular weight excluding hydrogens is 157 g/mol. The predicted octanol–water partition coefficient (Wildman–Crippen LogP) is 1.43. The van der Waals surface area contributed by atoms with Gasteiger partial charge in [-0.2, -0.15) is 0 Å². The van der Waals surface area contributed by atoms with Gasteiger partial charge < -0.3 is 5.32 Å². The first-order chi connectivity index (χ1) is 5.65. The molecule has 12 heavy (non-hydrogen) atoms. The lowest BCUT2D eigenvalue weighted by Gasteiger charge is -2.25. The first-order valence-corrected chi connectivity index (χ1v) is 4.17. The van der Waals surface area contributed by atoms with Crippen LogP contribution < -0.4 is 5.32 Å². The summed E-state index contributed by atoms with van der Waals surface area (Å²) in [5, 5.41) is 2.47. The van der Waals surface area contributed by atoms with Crippen molar-refractivity contribution >= 4 is 5.91 Å². The number of carbonyl (C=O) groups is 1. The van der Waals surface area contributed by atoms with Gasteiger partial charge in [-0.15, -0.1) is 0 Å². The standard InChI is InChI=1S/C9H14FNO/c1-6-3-4-7(8(10)5-6)9(12)11-2/h7-8H,1,3-5H2,2H3,(H,11,12). The van der Waals surface area contributed by atoms with Gasteiger partial charge >= 0.3 is 0 Å². The van der Waals surface area contributed by atoms with Crippen LogP contribution in [-0.4, -0.2) is 19.1 Å². The molecule has 1 amide bonds. The number of rotatable bonds is 1. The van der Waals surface area contributed by atoms with Crippen LogP contribution in [0.2, 0.25) is 0 Å². The number of allylic oxidation sites excluding steroid dienone is 1. The lowest BCUT2D eigenvalue weighted by molar-refractivity contribution is -0.127. The van der Waals surface area contributed by atoms with E-state index in [1.165, 1.54) is 0 Å². The maximum atomic E-state index is 13.2. The van der Waals surface area contributed by atoms with Crippen LogP contribution in [-0.2, 0) is 4.79 Å². The van der Waals surface area contributed by atoms with Gasteiger partial charge in [0.05, 0.1) is 5.92 Å². The molecule has 2 atom stereocenters. The van der Waals surface area contributed by atoms with E-state index < -0.39 is 12.1 Å². The molecule has 1 saturated carbocycles. The van der Waals surface area contributed by atoms with E-state index in [-0.39, 0.29) is 5.91 Å². The van der Waals surface area contributed by atoms with Gasteiger partial charge in [0.1, 0.15) is 6.17 Å². The smallest absolute Gasteiger partial charge is 0.225 e. The van der Waals surface area contributed by atoms with Crippen LogP contribution in [0, 0.1) is 5.92 Å². The van der Waals surface area contributed by atoms with E-state index >= 15 is 0 Å². The third-order valence-corrected chi connectivity index (χ3v) is 2.31. The lowest BCUT2D eigenvalue weighted by atomic mass is 9.84. The fraction of sp³-hybridized carbons (Fsp3) is 0.667. The number of carbonyl (C=O) groups excluding carboxylic acids is 1. The van der Waals surface area contributed by atoms with Crippen LogP contribution in [0.25, 0.3) is 0 Å².